The Hall–Kier alpha value is -4.54. The topological polar surface area (TPSA) is 82.8 Å². The average Bonchev–Trinajstić information content (AvgIpc) is 3.47. The summed E-state index contributed by atoms with van der Waals surface area (Å²) in [7, 11) is 0. The highest BCUT2D eigenvalue weighted by atomic mass is 32.1. The van der Waals surface area contributed by atoms with Gasteiger partial charge in [-0.25, -0.2) is 4.79 Å². The zero-order chi connectivity index (χ0) is 29.0. The van der Waals surface area contributed by atoms with Crippen LogP contribution in [-0.2, 0) is 4.79 Å². The van der Waals surface area contributed by atoms with E-state index in [9.17, 15) is 4.79 Å². The van der Waals surface area contributed by atoms with Gasteiger partial charge >= 0.3 is 5.97 Å². The summed E-state index contributed by atoms with van der Waals surface area (Å²) in [6.07, 6.45) is 5.62. The number of thiophene rings is 1. The first-order valence-electron chi connectivity index (χ1n) is 13.8. The molecule has 3 aromatic carbocycles. The number of nitriles is 1. The Morgan fingerprint density at radius 2 is 1.29 bits per heavy atom. The Labute approximate surface area is 245 Å². The van der Waals surface area contributed by atoms with Gasteiger partial charge in [-0.15, -0.1) is 11.3 Å². The number of carbonyl (C=O) groups is 1. The van der Waals surface area contributed by atoms with Gasteiger partial charge in [-0.3, -0.25) is 0 Å². The summed E-state index contributed by atoms with van der Waals surface area (Å²) < 4.78 is 11.8. The van der Waals surface area contributed by atoms with E-state index in [0.717, 1.165) is 64.7 Å². The van der Waals surface area contributed by atoms with Crippen LogP contribution >= 0.6 is 11.3 Å². The maximum absolute atomic E-state index is 11.2. The van der Waals surface area contributed by atoms with Crippen molar-refractivity contribution in [3.63, 3.8) is 0 Å². The lowest BCUT2D eigenvalue weighted by Gasteiger charge is -2.26. The van der Waals surface area contributed by atoms with Crippen molar-refractivity contribution in [3.05, 3.63) is 95.4 Å². The predicted octanol–water partition coefficient (Wildman–Crippen LogP) is 9.23. The van der Waals surface area contributed by atoms with E-state index in [-0.39, 0.29) is 5.57 Å². The number of ether oxygens (including phenoxy) is 2. The van der Waals surface area contributed by atoms with Crippen LogP contribution in [0.2, 0.25) is 0 Å². The molecule has 0 spiro atoms. The van der Waals surface area contributed by atoms with Gasteiger partial charge in [-0.1, -0.05) is 38.8 Å². The van der Waals surface area contributed by atoms with Crippen LogP contribution in [0.4, 0.5) is 17.1 Å². The zero-order valence-electron chi connectivity index (χ0n) is 23.4. The van der Waals surface area contributed by atoms with Crippen LogP contribution in [0, 0.1) is 11.3 Å². The van der Waals surface area contributed by atoms with Crippen molar-refractivity contribution in [2.45, 2.75) is 39.5 Å². The van der Waals surface area contributed by atoms with Crippen molar-refractivity contribution < 1.29 is 19.4 Å². The molecule has 7 heteroatoms. The molecule has 0 bridgehead atoms. The zero-order valence-corrected chi connectivity index (χ0v) is 24.2. The number of nitrogens with zero attached hydrogens (tertiary/aromatic N) is 2. The molecule has 0 aliphatic carbocycles. The second kappa shape index (κ2) is 14.7. The summed E-state index contributed by atoms with van der Waals surface area (Å²) >= 11 is 1.44. The first-order valence-corrected chi connectivity index (χ1v) is 14.6. The summed E-state index contributed by atoms with van der Waals surface area (Å²) in [5, 5.41) is 18.2. The smallest absolute Gasteiger partial charge is 0.346 e. The van der Waals surface area contributed by atoms with Crippen molar-refractivity contribution in [1.29, 1.82) is 5.26 Å². The van der Waals surface area contributed by atoms with Crippen molar-refractivity contribution in [2.24, 2.45) is 0 Å². The van der Waals surface area contributed by atoms with Gasteiger partial charge in [0.25, 0.3) is 0 Å². The highest BCUT2D eigenvalue weighted by Crippen LogP contribution is 2.38. The maximum Gasteiger partial charge on any atom is 0.346 e. The minimum Gasteiger partial charge on any atom is -0.494 e. The third-order valence-electron chi connectivity index (χ3n) is 6.40. The first-order chi connectivity index (χ1) is 20.0. The van der Waals surface area contributed by atoms with Crippen molar-refractivity contribution in [3.8, 4) is 28.0 Å². The number of anilines is 3. The van der Waals surface area contributed by atoms with Gasteiger partial charge in [-0.2, -0.15) is 5.26 Å². The van der Waals surface area contributed by atoms with E-state index in [1.807, 2.05) is 36.4 Å². The summed E-state index contributed by atoms with van der Waals surface area (Å²) in [5.41, 5.74) is 3.71. The van der Waals surface area contributed by atoms with Gasteiger partial charge in [0.2, 0.25) is 0 Å². The number of hydrogen-bond acceptors (Lipinski definition) is 6. The Bertz CT molecular complexity index is 1430. The van der Waals surface area contributed by atoms with E-state index in [0.29, 0.717) is 18.1 Å². The summed E-state index contributed by atoms with van der Waals surface area (Å²) in [6, 6.07) is 30.0. The largest absolute Gasteiger partial charge is 0.494 e. The fraction of sp³-hybridized carbons (Fsp3) is 0.235. The standard InChI is InChI=1S/C34H34N2O4S/c1-3-5-21-39-30-15-11-28(12-16-30)36(29-13-17-31(18-14-29)40-22-6-4-2)27-9-7-25(8-10-27)33-20-19-32(41-33)23-26(24-35)34(37)38/h7-20,23H,3-6,21-22H2,1-2H3,(H,37,38)/b26-23-. The molecule has 0 unspecified atom stereocenters. The van der Waals surface area contributed by atoms with E-state index in [1.165, 1.54) is 17.4 Å². The van der Waals surface area contributed by atoms with Gasteiger partial charge in [-0.05, 0) is 97.3 Å². The second-order valence-corrected chi connectivity index (χ2v) is 10.6. The Morgan fingerprint density at radius 3 is 1.73 bits per heavy atom. The van der Waals surface area contributed by atoms with Crippen LogP contribution in [0.5, 0.6) is 11.5 Å². The second-order valence-electron chi connectivity index (χ2n) is 9.45. The molecule has 0 fully saturated rings. The molecule has 4 rings (SSSR count). The molecule has 41 heavy (non-hydrogen) atoms. The van der Waals surface area contributed by atoms with E-state index < -0.39 is 5.97 Å². The van der Waals surface area contributed by atoms with Gasteiger partial charge in [0.1, 0.15) is 23.1 Å². The molecule has 4 aromatic rings. The molecule has 0 amide bonds. The number of aliphatic carboxylic acids is 1. The molecule has 0 aliphatic heterocycles. The lowest BCUT2D eigenvalue weighted by molar-refractivity contribution is -0.132. The monoisotopic (exact) mass is 566 g/mol. The fourth-order valence-electron chi connectivity index (χ4n) is 4.14. The molecular formula is C34H34N2O4S. The highest BCUT2D eigenvalue weighted by Gasteiger charge is 2.14. The minimum atomic E-state index is -1.23. The molecule has 210 valence electrons. The fourth-order valence-corrected chi connectivity index (χ4v) is 5.10. The lowest BCUT2D eigenvalue weighted by atomic mass is 10.1. The van der Waals surface area contributed by atoms with Gasteiger partial charge in [0.05, 0.1) is 13.2 Å². The van der Waals surface area contributed by atoms with Gasteiger partial charge in [0.15, 0.2) is 0 Å². The maximum atomic E-state index is 11.2. The van der Waals surface area contributed by atoms with E-state index in [1.54, 1.807) is 6.07 Å². The van der Waals surface area contributed by atoms with Crippen LogP contribution in [0.1, 0.15) is 44.4 Å². The Kier molecular flexibility index (Phi) is 10.6. The number of unbranched alkanes of at least 4 members (excludes halogenated alkanes) is 2. The van der Waals surface area contributed by atoms with Crippen LogP contribution in [0.15, 0.2) is 90.5 Å². The van der Waals surface area contributed by atoms with E-state index in [2.05, 4.69) is 67.3 Å². The summed E-state index contributed by atoms with van der Waals surface area (Å²) in [4.78, 5) is 15.1. The molecule has 0 atom stereocenters. The van der Waals surface area contributed by atoms with Crippen molar-refractivity contribution in [2.75, 3.05) is 18.1 Å². The van der Waals surface area contributed by atoms with E-state index >= 15 is 0 Å². The van der Waals surface area contributed by atoms with Crippen LogP contribution in [0.3, 0.4) is 0 Å². The minimum absolute atomic E-state index is 0.284. The predicted molar refractivity (Wildman–Crippen MR) is 166 cm³/mol. The molecule has 1 N–H and O–H groups in total. The molecule has 1 aromatic heterocycles. The van der Waals surface area contributed by atoms with Crippen molar-refractivity contribution in [1.82, 2.24) is 0 Å². The molecule has 0 aliphatic rings. The highest BCUT2D eigenvalue weighted by molar-refractivity contribution is 7.16. The molecule has 0 saturated heterocycles. The number of hydrogen-bond donors (Lipinski definition) is 1. The first kappa shape index (κ1) is 29.4. The molecule has 0 radical (unpaired) electrons. The van der Waals surface area contributed by atoms with E-state index in [4.69, 9.17) is 19.8 Å². The van der Waals surface area contributed by atoms with Gasteiger partial charge < -0.3 is 19.5 Å². The normalized spacial score (nSPS) is 11.1. The third-order valence-corrected chi connectivity index (χ3v) is 7.48. The summed E-state index contributed by atoms with van der Waals surface area (Å²) in [5.74, 6) is 0.470. The van der Waals surface area contributed by atoms with Crippen LogP contribution in [-0.4, -0.2) is 24.3 Å². The Balaban J connectivity index is 1.61. The van der Waals surface area contributed by atoms with Gasteiger partial charge in [0, 0.05) is 26.8 Å². The lowest BCUT2D eigenvalue weighted by Crippen LogP contribution is -2.10. The van der Waals surface area contributed by atoms with Crippen LogP contribution in [0.25, 0.3) is 16.5 Å². The number of carboxylic acids is 1. The number of benzene rings is 3. The summed E-state index contributed by atoms with van der Waals surface area (Å²) in [6.45, 7) is 5.70. The number of carboxylic acid groups (broad SMARTS) is 1. The quantitative estimate of drug-likeness (QED) is 0.0930. The number of rotatable bonds is 14. The third kappa shape index (κ3) is 8.00. The van der Waals surface area contributed by atoms with Crippen molar-refractivity contribution >= 4 is 40.4 Å². The molecule has 1 heterocycles. The molecule has 6 nitrogen and oxygen atoms in total. The molecule has 0 saturated carbocycles. The SMILES string of the molecule is CCCCOc1ccc(N(c2ccc(OCCCC)cc2)c2ccc(-c3ccc(/C=C(/C#N)C(=O)O)s3)cc2)cc1. The average molecular weight is 567 g/mol. The molecular weight excluding hydrogens is 532 g/mol. The Morgan fingerprint density at radius 1 is 0.805 bits per heavy atom. The van der Waals surface area contributed by atoms with Crippen LogP contribution < -0.4 is 14.4 Å².